The molecule has 28 heavy (non-hydrogen) atoms. The van der Waals surface area contributed by atoms with Gasteiger partial charge in [-0.2, -0.15) is 0 Å². The third-order valence-corrected chi connectivity index (χ3v) is 6.57. The molecule has 1 aliphatic heterocycles. The van der Waals surface area contributed by atoms with Crippen LogP contribution in [-0.2, 0) is 13.1 Å². The first-order valence-corrected chi connectivity index (χ1v) is 11.0. The highest BCUT2D eigenvalue weighted by Crippen LogP contribution is 2.19. The fourth-order valence-corrected chi connectivity index (χ4v) is 4.41. The number of nitrogens with one attached hydrogen (secondary N) is 2. The smallest absolute Gasteiger partial charge is 0.191 e. The van der Waals surface area contributed by atoms with Crippen LogP contribution in [0.5, 0.6) is 0 Å². The first-order valence-electron chi connectivity index (χ1n) is 10.2. The third-order valence-electron chi connectivity index (χ3n) is 5.50. The topological polar surface area (TPSA) is 52.6 Å². The number of hydrogen-bond donors (Lipinski definition) is 2. The van der Waals surface area contributed by atoms with E-state index in [-0.39, 0.29) is 0 Å². The van der Waals surface area contributed by atoms with Gasteiger partial charge in [0.05, 0.1) is 12.2 Å². The summed E-state index contributed by atoms with van der Waals surface area (Å²) in [5.74, 6) is 1.57. The van der Waals surface area contributed by atoms with E-state index in [1.165, 1.54) is 41.9 Å². The molecule has 0 saturated carbocycles. The number of nitrogens with zero attached hydrogens (tertiary/aromatic N) is 3. The first-order chi connectivity index (χ1) is 13.5. The Morgan fingerprint density at radius 1 is 1.14 bits per heavy atom. The largest absolute Gasteiger partial charge is 0.356 e. The fourth-order valence-electron chi connectivity index (χ4n) is 3.54. The van der Waals surface area contributed by atoms with Crippen LogP contribution in [0, 0.1) is 26.7 Å². The van der Waals surface area contributed by atoms with Crippen molar-refractivity contribution in [2.45, 2.75) is 46.7 Å². The fraction of sp³-hybridized carbons (Fsp3) is 0.545. The van der Waals surface area contributed by atoms with Crippen molar-refractivity contribution >= 4 is 17.3 Å². The number of likely N-dealkylation sites (tertiary alicyclic amines) is 1. The van der Waals surface area contributed by atoms with E-state index in [0.717, 1.165) is 36.3 Å². The Labute approximate surface area is 173 Å². The van der Waals surface area contributed by atoms with Gasteiger partial charge in [0.25, 0.3) is 0 Å². The normalized spacial score (nSPS) is 16.4. The Kier molecular flexibility index (Phi) is 7.45. The van der Waals surface area contributed by atoms with Crippen LogP contribution in [0.15, 0.2) is 29.3 Å². The SMILES string of the molecule is CN=C(NCc1nc(C)c(C)s1)NCC1CCN(Cc2ccc(C)cc2)CC1. The molecule has 1 aromatic heterocycles. The van der Waals surface area contributed by atoms with Gasteiger partial charge in [0.1, 0.15) is 5.01 Å². The van der Waals surface area contributed by atoms with E-state index in [1.807, 2.05) is 7.05 Å². The van der Waals surface area contributed by atoms with Gasteiger partial charge in [-0.1, -0.05) is 29.8 Å². The molecule has 0 unspecified atom stereocenters. The van der Waals surface area contributed by atoms with Gasteiger partial charge < -0.3 is 10.6 Å². The molecule has 152 valence electrons. The average molecular weight is 400 g/mol. The standard InChI is InChI=1S/C22H33N5S/c1-16-5-7-20(8-6-16)15-27-11-9-19(10-12-27)13-24-22(23-4)25-14-21-26-17(2)18(3)28-21/h5-8,19H,9-15H2,1-4H3,(H2,23,24,25). The van der Waals surface area contributed by atoms with E-state index in [4.69, 9.17) is 0 Å². The lowest BCUT2D eigenvalue weighted by molar-refractivity contribution is 0.178. The van der Waals surface area contributed by atoms with E-state index in [2.05, 4.69) is 70.5 Å². The molecule has 0 amide bonds. The predicted molar refractivity (Wildman–Crippen MR) is 119 cm³/mol. The van der Waals surface area contributed by atoms with Gasteiger partial charge >= 0.3 is 0 Å². The second kappa shape index (κ2) is 10.0. The van der Waals surface area contributed by atoms with Crippen LogP contribution < -0.4 is 10.6 Å². The lowest BCUT2D eigenvalue weighted by atomic mass is 9.96. The summed E-state index contributed by atoms with van der Waals surface area (Å²) >= 11 is 1.75. The van der Waals surface area contributed by atoms with Gasteiger partial charge in [-0.15, -0.1) is 11.3 Å². The van der Waals surface area contributed by atoms with Crippen LogP contribution in [0.1, 0.15) is 39.5 Å². The molecule has 2 N–H and O–H groups in total. The summed E-state index contributed by atoms with van der Waals surface area (Å²) in [6.45, 7) is 11.4. The molecule has 6 heteroatoms. The number of thiazole rings is 1. The highest BCUT2D eigenvalue weighted by atomic mass is 32.1. The monoisotopic (exact) mass is 399 g/mol. The number of aryl methyl sites for hydroxylation is 3. The Morgan fingerprint density at radius 3 is 2.46 bits per heavy atom. The molecule has 0 bridgehead atoms. The summed E-state index contributed by atoms with van der Waals surface area (Å²) in [4.78, 5) is 12.8. The van der Waals surface area contributed by atoms with Gasteiger partial charge in [-0.3, -0.25) is 9.89 Å². The van der Waals surface area contributed by atoms with Crippen LogP contribution in [0.3, 0.4) is 0 Å². The lowest BCUT2D eigenvalue weighted by Gasteiger charge is -2.32. The van der Waals surface area contributed by atoms with Crippen LogP contribution in [0.4, 0.5) is 0 Å². The minimum absolute atomic E-state index is 0.706. The minimum Gasteiger partial charge on any atom is -0.356 e. The summed E-state index contributed by atoms with van der Waals surface area (Å²) in [6.07, 6.45) is 2.47. The zero-order chi connectivity index (χ0) is 19.9. The van der Waals surface area contributed by atoms with Gasteiger partial charge in [0.15, 0.2) is 5.96 Å². The minimum atomic E-state index is 0.706. The molecule has 1 saturated heterocycles. The molecule has 2 heterocycles. The molecular formula is C22H33N5S. The van der Waals surface area contributed by atoms with Crippen molar-refractivity contribution in [3.63, 3.8) is 0 Å². The number of aliphatic imine (C=N–C) groups is 1. The predicted octanol–water partition coefficient (Wildman–Crippen LogP) is 3.65. The average Bonchev–Trinajstić information content (AvgIpc) is 3.02. The Balaban J connectivity index is 1.37. The van der Waals surface area contributed by atoms with Gasteiger partial charge in [-0.05, 0) is 58.2 Å². The molecular weight excluding hydrogens is 366 g/mol. The van der Waals surface area contributed by atoms with E-state index < -0.39 is 0 Å². The highest BCUT2D eigenvalue weighted by molar-refractivity contribution is 7.11. The second-order valence-electron chi connectivity index (χ2n) is 7.76. The molecule has 1 aliphatic rings. The maximum atomic E-state index is 4.58. The van der Waals surface area contributed by atoms with Crippen LogP contribution in [0.25, 0.3) is 0 Å². The number of guanidine groups is 1. The Hall–Kier alpha value is -1.92. The maximum absolute atomic E-state index is 4.58. The van der Waals surface area contributed by atoms with Gasteiger partial charge in [0.2, 0.25) is 0 Å². The molecule has 0 aliphatic carbocycles. The highest BCUT2D eigenvalue weighted by Gasteiger charge is 2.19. The number of rotatable bonds is 6. The third kappa shape index (κ3) is 6.04. The second-order valence-corrected chi connectivity index (χ2v) is 9.05. The molecule has 0 radical (unpaired) electrons. The summed E-state index contributed by atoms with van der Waals surface area (Å²) in [5, 5.41) is 8.00. The summed E-state index contributed by atoms with van der Waals surface area (Å²) < 4.78 is 0. The zero-order valence-corrected chi connectivity index (χ0v) is 18.4. The summed E-state index contributed by atoms with van der Waals surface area (Å²) in [5.41, 5.74) is 3.87. The summed E-state index contributed by atoms with van der Waals surface area (Å²) in [6, 6.07) is 8.92. The molecule has 3 rings (SSSR count). The van der Waals surface area contributed by atoms with Crippen molar-refractivity contribution in [2.24, 2.45) is 10.9 Å². The van der Waals surface area contributed by atoms with Crippen molar-refractivity contribution in [1.29, 1.82) is 0 Å². The molecule has 5 nitrogen and oxygen atoms in total. The van der Waals surface area contributed by atoms with Crippen molar-refractivity contribution in [3.05, 3.63) is 51.0 Å². The van der Waals surface area contributed by atoms with Crippen molar-refractivity contribution in [3.8, 4) is 0 Å². The van der Waals surface area contributed by atoms with Crippen molar-refractivity contribution in [1.82, 2.24) is 20.5 Å². The van der Waals surface area contributed by atoms with E-state index in [9.17, 15) is 0 Å². The quantitative estimate of drug-likeness (QED) is 0.575. The summed E-state index contributed by atoms with van der Waals surface area (Å²) in [7, 11) is 1.83. The molecule has 2 aromatic rings. The van der Waals surface area contributed by atoms with E-state index in [1.54, 1.807) is 11.3 Å². The first kappa shape index (κ1) is 20.8. The molecule has 0 spiro atoms. The number of aromatic nitrogens is 1. The van der Waals surface area contributed by atoms with Gasteiger partial charge in [-0.25, -0.2) is 4.98 Å². The maximum Gasteiger partial charge on any atom is 0.191 e. The van der Waals surface area contributed by atoms with Crippen molar-refractivity contribution in [2.75, 3.05) is 26.7 Å². The van der Waals surface area contributed by atoms with Crippen LogP contribution >= 0.6 is 11.3 Å². The Morgan fingerprint density at radius 2 is 1.86 bits per heavy atom. The number of benzene rings is 1. The molecule has 1 fully saturated rings. The number of hydrogen-bond acceptors (Lipinski definition) is 4. The molecule has 1 aromatic carbocycles. The van der Waals surface area contributed by atoms with E-state index in [0.29, 0.717) is 5.92 Å². The molecule has 0 atom stereocenters. The lowest BCUT2D eigenvalue weighted by Crippen LogP contribution is -2.42. The Bertz CT molecular complexity index is 753. The zero-order valence-electron chi connectivity index (χ0n) is 17.6. The van der Waals surface area contributed by atoms with Crippen molar-refractivity contribution < 1.29 is 0 Å². The van der Waals surface area contributed by atoms with E-state index >= 15 is 0 Å². The van der Waals surface area contributed by atoms with Gasteiger partial charge in [0, 0.05) is 25.0 Å². The van der Waals surface area contributed by atoms with Crippen LogP contribution in [0.2, 0.25) is 0 Å². The number of piperidine rings is 1. The van der Waals surface area contributed by atoms with Crippen LogP contribution in [-0.4, -0.2) is 42.5 Å².